The molecule has 1 aromatic heterocycles. The smallest absolute Gasteiger partial charge is 0.130 e. The van der Waals surface area contributed by atoms with E-state index in [1.54, 1.807) is 18.4 Å². The van der Waals surface area contributed by atoms with Crippen molar-refractivity contribution in [2.24, 2.45) is 0 Å². The highest BCUT2D eigenvalue weighted by atomic mass is 19.1. The van der Waals surface area contributed by atoms with E-state index in [-0.39, 0.29) is 25.9 Å². The van der Waals surface area contributed by atoms with Gasteiger partial charge in [0.05, 0.1) is 25.1 Å². The second kappa shape index (κ2) is 9.94. The minimum absolute atomic E-state index is 0.0600. The summed E-state index contributed by atoms with van der Waals surface area (Å²) in [4.78, 5) is 1.92. The first kappa shape index (κ1) is 19.9. The van der Waals surface area contributed by atoms with Gasteiger partial charge in [0.15, 0.2) is 0 Å². The molecule has 0 aliphatic carbocycles. The number of hydrogen-bond acceptors (Lipinski definition) is 5. The van der Waals surface area contributed by atoms with Crippen LogP contribution in [0.15, 0.2) is 41.0 Å². The number of furan rings is 1. The van der Waals surface area contributed by atoms with Crippen molar-refractivity contribution in [1.29, 1.82) is 0 Å². The average molecular weight is 381 g/mol. The second-order valence-electron chi connectivity index (χ2n) is 6.81. The summed E-state index contributed by atoms with van der Waals surface area (Å²) in [6.07, 6.45) is 2.82. The van der Waals surface area contributed by atoms with Crippen molar-refractivity contribution in [3.8, 4) is 0 Å². The minimum atomic E-state index is -0.745. The van der Waals surface area contributed by atoms with E-state index < -0.39 is 17.7 Å². The second-order valence-corrected chi connectivity index (χ2v) is 6.81. The molecule has 0 radical (unpaired) electrons. The predicted molar refractivity (Wildman–Crippen MR) is 95.0 cm³/mol. The normalized spacial score (nSPS) is 18.3. The Morgan fingerprint density at radius 3 is 2.89 bits per heavy atom. The van der Waals surface area contributed by atoms with Gasteiger partial charge < -0.3 is 19.0 Å². The summed E-state index contributed by atoms with van der Waals surface area (Å²) >= 11 is 0. The van der Waals surface area contributed by atoms with Crippen molar-refractivity contribution in [2.45, 2.75) is 38.2 Å². The predicted octanol–water partition coefficient (Wildman–Crippen LogP) is 3.12. The number of halogens is 2. The topological polar surface area (TPSA) is 55.1 Å². The van der Waals surface area contributed by atoms with E-state index in [1.807, 2.05) is 4.90 Å². The van der Waals surface area contributed by atoms with Crippen LogP contribution in [0.4, 0.5) is 8.78 Å². The van der Waals surface area contributed by atoms with Crippen LogP contribution < -0.4 is 0 Å². The monoisotopic (exact) mass is 381 g/mol. The first-order chi connectivity index (χ1) is 13.1. The molecule has 1 N–H and O–H groups in total. The van der Waals surface area contributed by atoms with Crippen molar-refractivity contribution in [1.82, 2.24) is 4.90 Å². The molecule has 0 spiro atoms. The maximum Gasteiger partial charge on any atom is 0.130 e. The van der Waals surface area contributed by atoms with Crippen LogP contribution in [0.25, 0.3) is 0 Å². The summed E-state index contributed by atoms with van der Waals surface area (Å²) in [5.41, 5.74) is 0.387. The Kier molecular flexibility index (Phi) is 7.34. The van der Waals surface area contributed by atoms with Crippen LogP contribution in [-0.2, 0) is 22.6 Å². The molecule has 7 heteroatoms. The Balaban J connectivity index is 1.54. The van der Waals surface area contributed by atoms with Gasteiger partial charge in [-0.2, -0.15) is 0 Å². The molecular formula is C20H25F2NO4. The minimum Gasteiger partial charge on any atom is -0.467 e. The molecule has 2 atom stereocenters. The van der Waals surface area contributed by atoms with Crippen LogP contribution in [0.2, 0.25) is 0 Å². The van der Waals surface area contributed by atoms with Crippen molar-refractivity contribution in [2.75, 3.05) is 26.3 Å². The van der Waals surface area contributed by atoms with Crippen molar-refractivity contribution < 1.29 is 27.8 Å². The van der Waals surface area contributed by atoms with E-state index in [0.29, 0.717) is 24.4 Å². The molecule has 1 aliphatic rings. The molecule has 0 amide bonds. The molecule has 3 rings (SSSR count). The summed E-state index contributed by atoms with van der Waals surface area (Å²) in [7, 11) is 0. The van der Waals surface area contributed by atoms with E-state index >= 15 is 0 Å². The molecule has 27 heavy (non-hydrogen) atoms. The Labute approximate surface area is 157 Å². The summed E-state index contributed by atoms with van der Waals surface area (Å²) in [6.45, 7) is 2.28. The molecule has 0 saturated carbocycles. The van der Waals surface area contributed by atoms with Crippen molar-refractivity contribution >= 4 is 0 Å². The molecule has 2 heterocycles. The van der Waals surface area contributed by atoms with E-state index in [9.17, 15) is 13.9 Å². The van der Waals surface area contributed by atoms with Gasteiger partial charge in [-0.25, -0.2) is 8.78 Å². The fraction of sp³-hybridized carbons (Fsp3) is 0.500. The average Bonchev–Trinajstić information content (AvgIpc) is 3.31. The quantitative estimate of drug-likeness (QED) is 0.685. The van der Waals surface area contributed by atoms with E-state index in [0.717, 1.165) is 25.5 Å². The van der Waals surface area contributed by atoms with Crippen molar-refractivity contribution in [3.63, 3.8) is 0 Å². The van der Waals surface area contributed by atoms with Gasteiger partial charge in [-0.3, -0.25) is 4.90 Å². The number of nitrogens with zero attached hydrogens (tertiary/aromatic N) is 1. The van der Waals surface area contributed by atoms with Crippen LogP contribution in [-0.4, -0.2) is 48.5 Å². The lowest BCUT2D eigenvalue weighted by molar-refractivity contribution is -0.00655. The highest BCUT2D eigenvalue weighted by Gasteiger charge is 2.22. The summed E-state index contributed by atoms with van der Waals surface area (Å²) in [5.74, 6) is -0.504. The largest absolute Gasteiger partial charge is 0.467 e. The molecule has 1 fully saturated rings. The Morgan fingerprint density at radius 2 is 2.19 bits per heavy atom. The van der Waals surface area contributed by atoms with Gasteiger partial charge in [0.2, 0.25) is 0 Å². The van der Waals surface area contributed by atoms with Crippen LogP contribution in [0.1, 0.15) is 24.2 Å². The van der Waals surface area contributed by atoms with Gasteiger partial charge in [-0.15, -0.1) is 0 Å². The lowest BCUT2D eigenvalue weighted by atomic mass is 10.1. The van der Waals surface area contributed by atoms with Gasteiger partial charge in [-0.05, 0) is 31.0 Å². The van der Waals surface area contributed by atoms with Gasteiger partial charge in [-0.1, -0.05) is 6.07 Å². The zero-order valence-corrected chi connectivity index (χ0v) is 15.2. The number of benzene rings is 1. The Bertz CT molecular complexity index is 689. The van der Waals surface area contributed by atoms with Crippen LogP contribution >= 0.6 is 0 Å². The standard InChI is InChI=1S/C20H25F2NO4/c21-16-6-5-15(20(22)9-16)10-23(12-18-3-1-7-26-18)11-17(24)13-25-14-19-4-2-8-27-19/h2,4-6,8-9,17-18,24H,1,3,7,10-14H2/t17-,18+/m0/s1. The Morgan fingerprint density at radius 1 is 1.30 bits per heavy atom. The zero-order valence-electron chi connectivity index (χ0n) is 15.2. The summed E-state index contributed by atoms with van der Waals surface area (Å²) in [5, 5.41) is 10.3. The maximum absolute atomic E-state index is 14.0. The van der Waals surface area contributed by atoms with Crippen molar-refractivity contribution in [3.05, 3.63) is 59.6 Å². The molecule has 0 bridgehead atoms. The van der Waals surface area contributed by atoms with Crippen LogP contribution in [0, 0.1) is 11.6 Å². The van der Waals surface area contributed by atoms with E-state index in [1.165, 1.54) is 12.1 Å². The highest BCUT2D eigenvalue weighted by molar-refractivity contribution is 5.18. The molecule has 1 aliphatic heterocycles. The lowest BCUT2D eigenvalue weighted by Crippen LogP contribution is -2.39. The number of aliphatic hydroxyl groups is 1. The third-order valence-electron chi connectivity index (χ3n) is 4.50. The molecule has 2 aromatic rings. The number of ether oxygens (including phenoxy) is 2. The van der Waals surface area contributed by atoms with Gasteiger partial charge in [0.1, 0.15) is 24.0 Å². The number of aliphatic hydroxyl groups excluding tert-OH is 1. The number of rotatable bonds is 10. The van der Waals surface area contributed by atoms with Crippen LogP contribution in [0.5, 0.6) is 0 Å². The maximum atomic E-state index is 14.0. The van der Waals surface area contributed by atoms with Crippen LogP contribution in [0.3, 0.4) is 0 Å². The van der Waals surface area contributed by atoms with Gasteiger partial charge in [0.25, 0.3) is 0 Å². The molecule has 1 saturated heterocycles. The third-order valence-corrected chi connectivity index (χ3v) is 4.50. The van der Waals surface area contributed by atoms with E-state index in [4.69, 9.17) is 13.9 Å². The van der Waals surface area contributed by atoms with Gasteiger partial charge >= 0.3 is 0 Å². The van der Waals surface area contributed by atoms with Gasteiger partial charge in [0, 0.05) is 37.9 Å². The van der Waals surface area contributed by atoms with E-state index in [2.05, 4.69) is 0 Å². The third kappa shape index (κ3) is 6.39. The summed E-state index contributed by atoms with van der Waals surface area (Å²) < 4.78 is 43.5. The lowest BCUT2D eigenvalue weighted by Gasteiger charge is -2.27. The summed E-state index contributed by atoms with van der Waals surface area (Å²) in [6, 6.07) is 7.13. The molecule has 0 unspecified atom stereocenters. The molecule has 5 nitrogen and oxygen atoms in total. The first-order valence-corrected chi connectivity index (χ1v) is 9.16. The zero-order chi connectivity index (χ0) is 19.1. The fourth-order valence-electron chi connectivity index (χ4n) is 3.21. The SMILES string of the molecule is O[C@H](COCc1ccco1)CN(Cc1ccc(F)cc1F)C[C@H]1CCCO1. The molecule has 1 aromatic carbocycles. The number of hydrogen-bond donors (Lipinski definition) is 1. The first-order valence-electron chi connectivity index (χ1n) is 9.16. The molecule has 148 valence electrons. The fourth-order valence-corrected chi connectivity index (χ4v) is 3.21. The molecular weight excluding hydrogens is 356 g/mol. The highest BCUT2D eigenvalue weighted by Crippen LogP contribution is 2.17. The Hall–Kier alpha value is -1.80.